The Morgan fingerprint density at radius 2 is 1.90 bits per heavy atom. The average molecular weight is 384 g/mol. The van der Waals surface area contributed by atoms with Gasteiger partial charge in [0.1, 0.15) is 4.99 Å². The summed E-state index contributed by atoms with van der Waals surface area (Å²) in [5.74, 6) is -0.137. The maximum Gasteiger partial charge on any atom is 0.228 e. The Morgan fingerprint density at radius 1 is 1.24 bits per heavy atom. The van der Waals surface area contributed by atoms with E-state index in [0.717, 1.165) is 10.0 Å². The van der Waals surface area contributed by atoms with E-state index in [-0.39, 0.29) is 17.3 Å². The maximum absolute atomic E-state index is 12.0. The molecule has 0 saturated heterocycles. The Bertz CT molecular complexity index is 689. The van der Waals surface area contributed by atoms with E-state index < -0.39 is 0 Å². The van der Waals surface area contributed by atoms with Gasteiger partial charge in [0, 0.05) is 10.0 Å². The summed E-state index contributed by atoms with van der Waals surface area (Å²) in [5, 5.41) is 3.18. The van der Waals surface area contributed by atoms with Crippen LogP contribution >= 0.6 is 39.7 Å². The van der Waals surface area contributed by atoms with Gasteiger partial charge < -0.3 is 11.1 Å². The van der Waals surface area contributed by atoms with Crippen LogP contribution in [0.4, 0.5) is 5.69 Å². The van der Waals surface area contributed by atoms with Gasteiger partial charge in [-0.15, -0.1) is 0 Å². The number of benzene rings is 2. The summed E-state index contributed by atoms with van der Waals surface area (Å²) in [6.07, 6.45) is 0.278. The number of thiocarbonyl (C=S) groups is 1. The second-order valence-corrected chi connectivity index (χ2v) is 6.17. The molecule has 3 nitrogen and oxygen atoms in total. The number of nitrogens with one attached hydrogen (secondary N) is 1. The summed E-state index contributed by atoms with van der Waals surface area (Å²) in [6, 6.07) is 12.6. The van der Waals surface area contributed by atoms with Crippen molar-refractivity contribution >= 4 is 56.3 Å². The van der Waals surface area contributed by atoms with Crippen LogP contribution in [0.15, 0.2) is 46.9 Å². The summed E-state index contributed by atoms with van der Waals surface area (Å²) < 4.78 is 0.975. The lowest BCUT2D eigenvalue weighted by Crippen LogP contribution is -2.15. The van der Waals surface area contributed by atoms with Crippen molar-refractivity contribution in [3.05, 3.63) is 63.1 Å². The van der Waals surface area contributed by atoms with Crippen molar-refractivity contribution in [3.63, 3.8) is 0 Å². The van der Waals surface area contributed by atoms with Gasteiger partial charge in [-0.05, 0) is 35.9 Å². The number of hydrogen-bond donors (Lipinski definition) is 2. The van der Waals surface area contributed by atoms with Crippen LogP contribution in [0.25, 0.3) is 0 Å². The molecule has 21 heavy (non-hydrogen) atoms. The average Bonchev–Trinajstić information content (AvgIpc) is 2.43. The van der Waals surface area contributed by atoms with Crippen molar-refractivity contribution in [1.82, 2.24) is 0 Å². The number of carbonyl (C=O) groups is 1. The molecule has 0 saturated carbocycles. The van der Waals surface area contributed by atoms with Gasteiger partial charge in [-0.25, -0.2) is 0 Å². The van der Waals surface area contributed by atoms with E-state index in [4.69, 9.17) is 29.6 Å². The molecule has 0 aliphatic heterocycles. The molecule has 0 bridgehead atoms. The van der Waals surface area contributed by atoms with Crippen LogP contribution in [0.1, 0.15) is 11.1 Å². The Morgan fingerprint density at radius 3 is 2.48 bits per heavy atom. The van der Waals surface area contributed by atoms with Gasteiger partial charge in [-0.3, -0.25) is 4.79 Å². The van der Waals surface area contributed by atoms with E-state index >= 15 is 0 Å². The van der Waals surface area contributed by atoms with Gasteiger partial charge in [0.05, 0.1) is 17.1 Å². The van der Waals surface area contributed by atoms with Crippen molar-refractivity contribution < 1.29 is 4.79 Å². The van der Waals surface area contributed by atoms with Gasteiger partial charge in [0.2, 0.25) is 5.91 Å². The molecule has 0 aliphatic carbocycles. The lowest BCUT2D eigenvalue weighted by atomic mass is 10.1. The topological polar surface area (TPSA) is 55.1 Å². The van der Waals surface area contributed by atoms with E-state index in [9.17, 15) is 4.79 Å². The SMILES string of the molecule is NC(=S)c1ccc(NC(=O)Cc2ccc(Br)cc2)c(Cl)c1. The Balaban J connectivity index is 2.06. The van der Waals surface area contributed by atoms with E-state index in [1.807, 2.05) is 24.3 Å². The fourth-order valence-electron chi connectivity index (χ4n) is 1.75. The third kappa shape index (κ3) is 4.52. The summed E-state index contributed by atoms with van der Waals surface area (Å²) in [4.78, 5) is 12.3. The van der Waals surface area contributed by atoms with Crippen LogP contribution in [0, 0.1) is 0 Å². The number of hydrogen-bond acceptors (Lipinski definition) is 2. The van der Waals surface area contributed by atoms with Crippen molar-refractivity contribution in [3.8, 4) is 0 Å². The minimum absolute atomic E-state index is 0.137. The molecule has 0 fully saturated rings. The first-order valence-corrected chi connectivity index (χ1v) is 7.67. The lowest BCUT2D eigenvalue weighted by molar-refractivity contribution is -0.115. The zero-order valence-electron chi connectivity index (χ0n) is 10.9. The number of nitrogens with two attached hydrogens (primary N) is 1. The number of carbonyl (C=O) groups excluding carboxylic acids is 1. The Hall–Kier alpha value is -1.43. The quantitative estimate of drug-likeness (QED) is 0.787. The van der Waals surface area contributed by atoms with Gasteiger partial charge >= 0.3 is 0 Å². The van der Waals surface area contributed by atoms with Gasteiger partial charge in [0.15, 0.2) is 0 Å². The molecule has 6 heteroatoms. The number of anilines is 1. The van der Waals surface area contributed by atoms with Gasteiger partial charge in [-0.1, -0.05) is 51.9 Å². The predicted molar refractivity (Wildman–Crippen MR) is 93.8 cm³/mol. The molecule has 0 radical (unpaired) electrons. The number of rotatable bonds is 4. The second-order valence-electron chi connectivity index (χ2n) is 4.41. The molecule has 0 unspecified atom stereocenters. The lowest BCUT2D eigenvalue weighted by Gasteiger charge is -2.09. The molecule has 0 aliphatic rings. The monoisotopic (exact) mass is 382 g/mol. The standard InChI is InChI=1S/C15H12BrClN2OS/c16-11-4-1-9(2-5-11)7-14(20)19-13-6-3-10(15(18)21)8-12(13)17/h1-6,8H,7H2,(H2,18,21)(H,19,20). The highest BCUT2D eigenvalue weighted by Gasteiger charge is 2.08. The molecule has 2 aromatic carbocycles. The highest BCUT2D eigenvalue weighted by atomic mass is 79.9. The zero-order chi connectivity index (χ0) is 15.4. The fourth-order valence-corrected chi connectivity index (χ4v) is 2.37. The van der Waals surface area contributed by atoms with Crippen LogP contribution < -0.4 is 11.1 Å². The molecule has 0 heterocycles. The van der Waals surface area contributed by atoms with E-state index in [2.05, 4.69) is 21.2 Å². The van der Waals surface area contributed by atoms with Gasteiger partial charge in [-0.2, -0.15) is 0 Å². The Labute approximate surface area is 141 Å². The predicted octanol–water partition coefficient (Wildman–Crippen LogP) is 3.92. The van der Waals surface area contributed by atoms with Crippen molar-refractivity contribution in [2.45, 2.75) is 6.42 Å². The highest BCUT2D eigenvalue weighted by Crippen LogP contribution is 2.23. The normalized spacial score (nSPS) is 10.2. The Kier molecular flexibility index (Phi) is 5.33. The summed E-state index contributed by atoms with van der Waals surface area (Å²) in [5.41, 5.74) is 7.66. The maximum atomic E-state index is 12.0. The third-order valence-corrected chi connectivity index (χ3v) is 3.88. The molecule has 1 amide bonds. The van der Waals surface area contributed by atoms with Crippen LogP contribution in [0.3, 0.4) is 0 Å². The minimum atomic E-state index is -0.137. The highest BCUT2D eigenvalue weighted by molar-refractivity contribution is 9.10. The first-order valence-electron chi connectivity index (χ1n) is 6.09. The van der Waals surface area contributed by atoms with Crippen molar-refractivity contribution in [2.24, 2.45) is 5.73 Å². The largest absolute Gasteiger partial charge is 0.389 e. The first kappa shape index (κ1) is 15.9. The molecule has 3 N–H and O–H groups in total. The smallest absolute Gasteiger partial charge is 0.228 e. The van der Waals surface area contributed by atoms with Gasteiger partial charge in [0.25, 0.3) is 0 Å². The third-order valence-electron chi connectivity index (χ3n) is 2.81. The van der Waals surface area contributed by atoms with Crippen LogP contribution in [0.5, 0.6) is 0 Å². The van der Waals surface area contributed by atoms with Crippen molar-refractivity contribution in [1.29, 1.82) is 0 Å². The van der Waals surface area contributed by atoms with Crippen LogP contribution in [0.2, 0.25) is 5.02 Å². The second kappa shape index (κ2) is 7.02. The fraction of sp³-hybridized carbons (Fsp3) is 0.0667. The minimum Gasteiger partial charge on any atom is -0.389 e. The first-order chi connectivity index (χ1) is 9.95. The molecule has 108 valence electrons. The molecule has 2 aromatic rings. The molecule has 0 atom stereocenters. The molecular formula is C15H12BrClN2OS. The molecular weight excluding hydrogens is 372 g/mol. The van der Waals surface area contributed by atoms with E-state index in [1.165, 1.54) is 0 Å². The van der Waals surface area contributed by atoms with Crippen molar-refractivity contribution in [2.75, 3.05) is 5.32 Å². The zero-order valence-corrected chi connectivity index (χ0v) is 14.1. The molecule has 0 spiro atoms. The number of halogens is 2. The summed E-state index contributed by atoms with van der Waals surface area (Å²) in [7, 11) is 0. The van der Waals surface area contributed by atoms with E-state index in [1.54, 1.807) is 18.2 Å². The van der Waals surface area contributed by atoms with Crippen LogP contribution in [-0.4, -0.2) is 10.9 Å². The van der Waals surface area contributed by atoms with E-state index in [0.29, 0.717) is 16.3 Å². The molecule has 2 rings (SSSR count). The molecule has 0 aromatic heterocycles. The number of amides is 1. The summed E-state index contributed by atoms with van der Waals surface area (Å²) in [6.45, 7) is 0. The van der Waals surface area contributed by atoms with Crippen LogP contribution in [-0.2, 0) is 11.2 Å². The summed E-state index contributed by atoms with van der Waals surface area (Å²) >= 11 is 14.3.